The molecule has 3 aromatic carbocycles. The van der Waals surface area contributed by atoms with E-state index in [2.05, 4.69) is 5.32 Å². The molecule has 5 nitrogen and oxygen atoms in total. The third kappa shape index (κ3) is 5.37. The smallest absolute Gasteiger partial charge is 0.264 e. The lowest BCUT2D eigenvalue weighted by atomic mass is 10.1. The fourth-order valence-electron chi connectivity index (χ4n) is 3.48. The fourth-order valence-corrected chi connectivity index (χ4v) is 4.96. The summed E-state index contributed by atoms with van der Waals surface area (Å²) < 4.78 is 28.4. The van der Waals surface area contributed by atoms with Gasteiger partial charge in [-0.3, -0.25) is 9.10 Å². The largest absolute Gasteiger partial charge is 0.348 e. The van der Waals surface area contributed by atoms with Crippen molar-refractivity contribution in [3.8, 4) is 0 Å². The van der Waals surface area contributed by atoms with Gasteiger partial charge in [-0.1, -0.05) is 59.7 Å². The maximum atomic E-state index is 13.6. The van der Waals surface area contributed by atoms with E-state index in [1.54, 1.807) is 30.3 Å². The summed E-state index contributed by atoms with van der Waals surface area (Å²) in [4.78, 5) is 13.1. The van der Waals surface area contributed by atoms with Crippen LogP contribution in [0.15, 0.2) is 71.6 Å². The molecule has 6 heteroatoms. The molecule has 1 atom stereocenters. The molecule has 1 N–H and O–H groups in total. The summed E-state index contributed by atoms with van der Waals surface area (Å²) >= 11 is 0. The number of aryl methyl sites for hydroxylation is 4. The van der Waals surface area contributed by atoms with Crippen molar-refractivity contribution in [1.29, 1.82) is 0 Å². The zero-order valence-electron chi connectivity index (χ0n) is 19.2. The second-order valence-corrected chi connectivity index (χ2v) is 10.2. The summed E-state index contributed by atoms with van der Waals surface area (Å²) in [5, 5.41) is 2.94. The average Bonchev–Trinajstić information content (AvgIpc) is 2.74. The van der Waals surface area contributed by atoms with Crippen LogP contribution in [0.4, 0.5) is 5.69 Å². The van der Waals surface area contributed by atoms with E-state index in [1.807, 2.05) is 71.0 Å². The maximum absolute atomic E-state index is 13.6. The Labute approximate surface area is 191 Å². The number of nitrogens with one attached hydrogen (secondary N) is 1. The SMILES string of the molecule is Cc1ccc([C@@H](C)NC(=O)CN(c2cc(C)ccc2C)S(=O)(=O)c2ccc(C)cc2)cc1. The van der Waals surface area contributed by atoms with Crippen LogP contribution in [-0.2, 0) is 14.8 Å². The molecule has 0 bridgehead atoms. The zero-order valence-corrected chi connectivity index (χ0v) is 20.0. The molecule has 0 heterocycles. The first-order chi connectivity index (χ1) is 15.1. The minimum atomic E-state index is -3.94. The molecule has 0 aliphatic carbocycles. The van der Waals surface area contributed by atoms with Crippen molar-refractivity contribution in [1.82, 2.24) is 5.32 Å². The quantitative estimate of drug-likeness (QED) is 0.551. The molecule has 168 valence electrons. The van der Waals surface area contributed by atoms with Gasteiger partial charge in [-0.15, -0.1) is 0 Å². The standard InChI is InChI=1S/C26H30N2O3S/c1-18-7-12-23(13-8-18)22(5)27-26(29)17-28(25-16-20(3)6-11-21(25)4)32(30,31)24-14-9-19(2)10-15-24/h6-16,22H,17H2,1-5H3,(H,27,29)/t22-/m1/s1. The van der Waals surface area contributed by atoms with E-state index >= 15 is 0 Å². The summed E-state index contributed by atoms with van der Waals surface area (Å²) in [6.45, 7) is 9.23. The van der Waals surface area contributed by atoms with Gasteiger partial charge in [0.15, 0.2) is 0 Å². The number of amides is 1. The van der Waals surface area contributed by atoms with Gasteiger partial charge in [0, 0.05) is 0 Å². The molecule has 3 rings (SSSR count). The monoisotopic (exact) mass is 450 g/mol. The zero-order chi connectivity index (χ0) is 23.5. The topological polar surface area (TPSA) is 66.5 Å². The highest BCUT2D eigenvalue weighted by Gasteiger charge is 2.28. The number of benzene rings is 3. The molecule has 0 unspecified atom stereocenters. The molecule has 0 spiro atoms. The number of carbonyl (C=O) groups excluding carboxylic acids is 1. The molecule has 0 saturated heterocycles. The van der Waals surface area contributed by atoms with Crippen LogP contribution in [-0.4, -0.2) is 20.9 Å². The molecule has 0 radical (unpaired) electrons. The van der Waals surface area contributed by atoms with Gasteiger partial charge in [-0.05, 0) is 69.5 Å². The van der Waals surface area contributed by atoms with Crippen molar-refractivity contribution in [2.75, 3.05) is 10.8 Å². The summed E-state index contributed by atoms with van der Waals surface area (Å²) in [5.41, 5.74) is 5.27. The highest BCUT2D eigenvalue weighted by atomic mass is 32.2. The molecule has 0 aliphatic heterocycles. The normalized spacial score (nSPS) is 12.3. The van der Waals surface area contributed by atoms with Crippen molar-refractivity contribution in [2.24, 2.45) is 0 Å². The van der Waals surface area contributed by atoms with Crippen LogP contribution < -0.4 is 9.62 Å². The predicted octanol–water partition coefficient (Wildman–Crippen LogP) is 4.99. The van der Waals surface area contributed by atoms with Crippen LogP contribution in [0.3, 0.4) is 0 Å². The number of sulfonamides is 1. The van der Waals surface area contributed by atoms with Crippen molar-refractivity contribution >= 4 is 21.6 Å². The van der Waals surface area contributed by atoms with Crippen LogP contribution in [0.25, 0.3) is 0 Å². The third-order valence-corrected chi connectivity index (χ3v) is 7.26. The van der Waals surface area contributed by atoms with E-state index < -0.39 is 10.0 Å². The van der Waals surface area contributed by atoms with Crippen molar-refractivity contribution in [2.45, 2.75) is 45.6 Å². The maximum Gasteiger partial charge on any atom is 0.264 e. The highest BCUT2D eigenvalue weighted by molar-refractivity contribution is 7.92. The average molecular weight is 451 g/mol. The van der Waals surface area contributed by atoms with Gasteiger partial charge < -0.3 is 5.32 Å². The molecule has 0 aromatic heterocycles. The van der Waals surface area contributed by atoms with E-state index in [0.717, 1.165) is 27.8 Å². The van der Waals surface area contributed by atoms with Gasteiger partial charge in [0.2, 0.25) is 5.91 Å². The Balaban J connectivity index is 1.94. The molecule has 3 aromatic rings. The predicted molar refractivity (Wildman–Crippen MR) is 129 cm³/mol. The first kappa shape index (κ1) is 23.5. The van der Waals surface area contributed by atoms with Crippen LogP contribution in [0, 0.1) is 27.7 Å². The van der Waals surface area contributed by atoms with Crippen LogP contribution in [0.5, 0.6) is 0 Å². The summed E-state index contributed by atoms with van der Waals surface area (Å²) in [7, 11) is -3.94. The Morgan fingerprint density at radius 1 is 0.844 bits per heavy atom. The van der Waals surface area contributed by atoms with Crippen LogP contribution in [0.2, 0.25) is 0 Å². The Hall–Kier alpha value is -3.12. The van der Waals surface area contributed by atoms with Gasteiger partial charge in [-0.2, -0.15) is 0 Å². The van der Waals surface area contributed by atoms with E-state index in [1.165, 1.54) is 4.31 Å². The molecular formula is C26H30N2O3S. The Morgan fingerprint density at radius 2 is 1.38 bits per heavy atom. The van der Waals surface area contributed by atoms with Crippen molar-refractivity contribution in [3.05, 3.63) is 94.5 Å². The van der Waals surface area contributed by atoms with Gasteiger partial charge >= 0.3 is 0 Å². The molecule has 0 aliphatic rings. The lowest BCUT2D eigenvalue weighted by molar-refractivity contribution is -0.120. The number of hydrogen-bond acceptors (Lipinski definition) is 3. The van der Waals surface area contributed by atoms with Crippen LogP contribution in [0.1, 0.15) is 40.8 Å². The van der Waals surface area contributed by atoms with E-state index in [4.69, 9.17) is 0 Å². The third-order valence-electron chi connectivity index (χ3n) is 5.48. The van der Waals surface area contributed by atoms with Crippen molar-refractivity contribution in [3.63, 3.8) is 0 Å². The summed E-state index contributed by atoms with van der Waals surface area (Å²) in [6.07, 6.45) is 0. The minimum absolute atomic E-state index is 0.156. The number of rotatable bonds is 7. The summed E-state index contributed by atoms with van der Waals surface area (Å²) in [5.74, 6) is -0.366. The Bertz CT molecular complexity index is 1200. The van der Waals surface area contributed by atoms with E-state index in [0.29, 0.717) is 5.69 Å². The Morgan fingerprint density at radius 3 is 1.97 bits per heavy atom. The van der Waals surface area contributed by atoms with E-state index in [9.17, 15) is 13.2 Å². The fraction of sp³-hybridized carbons (Fsp3) is 0.269. The molecular weight excluding hydrogens is 420 g/mol. The molecule has 1 amide bonds. The van der Waals surface area contributed by atoms with Crippen molar-refractivity contribution < 1.29 is 13.2 Å². The minimum Gasteiger partial charge on any atom is -0.348 e. The second kappa shape index (κ2) is 9.57. The van der Waals surface area contributed by atoms with Crippen LogP contribution >= 0.6 is 0 Å². The van der Waals surface area contributed by atoms with Gasteiger partial charge in [-0.25, -0.2) is 8.42 Å². The number of nitrogens with zero attached hydrogens (tertiary/aromatic N) is 1. The Kier molecular flexibility index (Phi) is 7.04. The van der Waals surface area contributed by atoms with Gasteiger partial charge in [0.25, 0.3) is 10.0 Å². The molecule has 0 fully saturated rings. The molecule has 0 saturated carbocycles. The first-order valence-electron chi connectivity index (χ1n) is 10.6. The molecule has 32 heavy (non-hydrogen) atoms. The van der Waals surface area contributed by atoms with Gasteiger partial charge in [0.05, 0.1) is 16.6 Å². The number of carbonyl (C=O) groups is 1. The number of anilines is 1. The van der Waals surface area contributed by atoms with Gasteiger partial charge in [0.1, 0.15) is 6.54 Å². The first-order valence-corrected chi connectivity index (χ1v) is 12.0. The number of hydrogen-bond donors (Lipinski definition) is 1. The highest BCUT2D eigenvalue weighted by Crippen LogP contribution is 2.28. The lowest BCUT2D eigenvalue weighted by Gasteiger charge is -2.27. The lowest BCUT2D eigenvalue weighted by Crippen LogP contribution is -2.42. The summed E-state index contributed by atoms with van der Waals surface area (Å²) in [6, 6.07) is 19.9. The second-order valence-electron chi connectivity index (χ2n) is 8.31. The van der Waals surface area contributed by atoms with E-state index in [-0.39, 0.29) is 23.4 Å².